The number of urea groups is 3. The van der Waals surface area contributed by atoms with E-state index in [9.17, 15) is 34.5 Å². The molecule has 64 heavy (non-hydrogen) atoms. The van der Waals surface area contributed by atoms with Gasteiger partial charge < -0.3 is 105 Å². The fourth-order valence-corrected chi connectivity index (χ4v) is 6.77. The Bertz CT molecular complexity index is 1660. The maximum atomic E-state index is 13.4. The van der Waals surface area contributed by atoms with Gasteiger partial charge >= 0.3 is 18.1 Å². The van der Waals surface area contributed by atoms with Crippen LogP contribution in [-0.2, 0) is 23.7 Å². The molecule has 0 aromatic heterocycles. The summed E-state index contributed by atoms with van der Waals surface area (Å²) in [6.45, 7) is 3.78. The van der Waals surface area contributed by atoms with Crippen molar-refractivity contribution in [1.82, 2.24) is 31.9 Å². The summed E-state index contributed by atoms with van der Waals surface area (Å²) < 4.78 is 29.1. The van der Waals surface area contributed by atoms with E-state index in [0.29, 0.717) is 24.4 Å². The van der Waals surface area contributed by atoms with Gasteiger partial charge in [-0.05, 0) is 69.6 Å². The number of nitrogens with one attached hydrogen (secondary N) is 6. The summed E-state index contributed by atoms with van der Waals surface area (Å²) in [6, 6.07) is -2.30. The molecule has 25 nitrogen and oxygen atoms in total. The monoisotopic (exact) mass is 975 g/mol. The molecule has 0 unspecified atom stereocenters. The molecule has 13 atom stereocenters. The molecule has 3 aliphatic heterocycles. The smallest absolute Gasteiger partial charge is 0.317 e. The number of carbonyl (C=O) groups excluding carboxylic acids is 4. The Morgan fingerprint density at radius 2 is 1.47 bits per heavy atom. The molecule has 3 fully saturated rings. The summed E-state index contributed by atoms with van der Waals surface area (Å²) >= 11 is 0. The van der Waals surface area contributed by atoms with Crippen LogP contribution in [0.2, 0.25) is 0 Å². The molecule has 3 heterocycles. The molecule has 28 heteroatoms. The van der Waals surface area contributed by atoms with Crippen LogP contribution in [0, 0.1) is 0 Å². The number of unbranched alkanes of at least 4 members (excludes halogenated alkanes) is 1. The number of primary amides is 2. The van der Waals surface area contributed by atoms with Crippen molar-refractivity contribution in [1.29, 1.82) is 0 Å². The number of hydrogen-bond acceptors (Lipinski definition) is 16. The minimum absolute atomic E-state index is 0. The van der Waals surface area contributed by atoms with Crippen molar-refractivity contribution in [3.63, 3.8) is 0 Å². The van der Waals surface area contributed by atoms with Gasteiger partial charge in [0.25, 0.3) is 0 Å². The topological polar surface area (TPSA) is 416 Å². The van der Waals surface area contributed by atoms with Crippen LogP contribution in [0.5, 0.6) is 5.75 Å². The summed E-state index contributed by atoms with van der Waals surface area (Å²) in [6.07, 6.45) is -4.49. The highest BCUT2D eigenvalue weighted by molar-refractivity contribution is 5.91. The minimum Gasteiger partial charge on any atom is -0.462 e. The van der Waals surface area contributed by atoms with Crippen molar-refractivity contribution in [3.8, 4) is 5.75 Å². The number of nitrogens with two attached hydrogens (primary N) is 6. The highest BCUT2D eigenvalue weighted by atomic mass is 35.5. The third-order valence-corrected chi connectivity index (χ3v) is 9.94. The number of benzene rings is 1. The minimum atomic E-state index is -1.59. The van der Waals surface area contributed by atoms with Gasteiger partial charge in [-0.15, -0.1) is 37.2 Å². The van der Waals surface area contributed by atoms with Crippen molar-refractivity contribution in [3.05, 3.63) is 35.9 Å². The second-order valence-corrected chi connectivity index (χ2v) is 14.6. The normalized spacial score (nSPS) is 29.9. The van der Waals surface area contributed by atoms with Gasteiger partial charge in [-0.3, -0.25) is 4.79 Å². The van der Waals surface area contributed by atoms with Gasteiger partial charge in [0.05, 0.1) is 43.5 Å². The summed E-state index contributed by atoms with van der Waals surface area (Å²) in [7, 11) is 0. The molecule has 21 N–H and O–H groups in total. The zero-order valence-electron chi connectivity index (χ0n) is 35.0. The molecule has 7 amide bonds. The van der Waals surface area contributed by atoms with E-state index in [4.69, 9.17) is 58.1 Å². The number of halogens is 3. The van der Waals surface area contributed by atoms with Crippen LogP contribution >= 0.6 is 37.2 Å². The van der Waals surface area contributed by atoms with Crippen LogP contribution < -0.4 is 71.0 Å². The number of ether oxygens (including phenoxy) is 5. The average molecular weight is 977 g/mol. The van der Waals surface area contributed by atoms with Crippen LogP contribution in [-0.4, -0.2) is 164 Å². The number of rotatable bonds is 19. The van der Waals surface area contributed by atoms with E-state index in [1.807, 2.05) is 0 Å². The van der Waals surface area contributed by atoms with E-state index in [1.165, 1.54) is 6.08 Å². The van der Waals surface area contributed by atoms with E-state index in [-0.39, 0.29) is 56.3 Å². The Morgan fingerprint density at radius 3 is 2.11 bits per heavy atom. The van der Waals surface area contributed by atoms with Crippen LogP contribution in [0.3, 0.4) is 0 Å². The molecule has 1 aromatic carbocycles. The van der Waals surface area contributed by atoms with E-state index < -0.39 is 104 Å². The maximum absolute atomic E-state index is 13.4. The zero-order chi connectivity index (χ0) is 44.6. The zero-order valence-corrected chi connectivity index (χ0v) is 37.4. The lowest BCUT2D eigenvalue weighted by Gasteiger charge is -2.45. The van der Waals surface area contributed by atoms with Crippen molar-refractivity contribution in [2.75, 3.05) is 39.4 Å². The predicted octanol–water partition coefficient (Wildman–Crippen LogP) is -4.19. The van der Waals surface area contributed by atoms with Crippen molar-refractivity contribution in [2.24, 2.45) is 39.4 Å². The highest BCUT2D eigenvalue weighted by Crippen LogP contribution is 2.28. The second-order valence-electron chi connectivity index (χ2n) is 14.6. The van der Waals surface area contributed by atoms with E-state index in [2.05, 4.69) is 36.9 Å². The first kappa shape index (κ1) is 57.8. The molecule has 3 aliphatic rings. The second kappa shape index (κ2) is 28.6. The van der Waals surface area contributed by atoms with Crippen molar-refractivity contribution >= 4 is 73.3 Å². The summed E-state index contributed by atoms with van der Waals surface area (Å²) in [5.74, 6) is -0.312. The largest absolute Gasteiger partial charge is 0.462 e. The molecule has 1 aromatic rings. The Hall–Kier alpha value is -4.22. The summed E-state index contributed by atoms with van der Waals surface area (Å²) in [5, 5.41) is 48.7. The number of aliphatic hydroxyl groups excluding tert-OH is 3. The van der Waals surface area contributed by atoms with Gasteiger partial charge in [-0.25, -0.2) is 19.4 Å². The van der Waals surface area contributed by atoms with Crippen LogP contribution in [0.4, 0.5) is 14.4 Å². The van der Waals surface area contributed by atoms with Crippen LogP contribution in [0.15, 0.2) is 35.3 Å². The molecule has 366 valence electrons. The quantitative estimate of drug-likeness (QED) is 0.0271. The SMILES string of the molecule is C[C@H]1O[C@H](Oc2ccc(/C=C/C(=O)NCCCNCCCCN)cc2)[C@H](N=C(N)N)[C@@H](O)[C@@H]1NC(=O)N[C@H]1OC[C@@H](O[C@@H]2OC[C@@H](O)[C@H](N)[C@H]2NC(N)=O)[C@H](O)[C@H]1NC(N)=O.Cl.Cl.Cl. The fraction of sp³-hybridized carbons (Fsp3) is 0.639. The van der Waals surface area contributed by atoms with E-state index in [0.717, 1.165) is 32.4 Å². The van der Waals surface area contributed by atoms with Gasteiger partial charge in [0.15, 0.2) is 18.5 Å². The molecule has 4 rings (SSSR count). The Morgan fingerprint density at radius 1 is 0.812 bits per heavy atom. The molecular weight excluding hydrogens is 913 g/mol. The Kier molecular flexibility index (Phi) is 25.9. The number of guanidine groups is 1. The third-order valence-electron chi connectivity index (χ3n) is 9.94. The van der Waals surface area contributed by atoms with Crippen LogP contribution in [0.1, 0.15) is 31.7 Å². The van der Waals surface area contributed by atoms with Gasteiger partial charge in [0, 0.05) is 12.6 Å². The molecule has 3 saturated heterocycles. The predicted molar refractivity (Wildman–Crippen MR) is 239 cm³/mol. The first-order valence-electron chi connectivity index (χ1n) is 19.8. The lowest BCUT2D eigenvalue weighted by Crippen LogP contribution is -2.70. The number of nitrogens with zero attached hydrogens (tertiary/aromatic N) is 1. The number of hydrogen-bond donors (Lipinski definition) is 15. The fourth-order valence-electron chi connectivity index (χ4n) is 6.77. The average Bonchev–Trinajstić information content (AvgIpc) is 3.20. The molecular formula is C36H64Cl3N13O12. The Balaban J connectivity index is 0.00000683. The highest BCUT2D eigenvalue weighted by Gasteiger charge is 2.48. The number of aliphatic hydroxyl groups is 3. The molecule has 0 spiro atoms. The molecule has 0 aliphatic carbocycles. The Labute approximate surface area is 388 Å². The third kappa shape index (κ3) is 17.6. The molecule has 0 saturated carbocycles. The van der Waals surface area contributed by atoms with E-state index >= 15 is 0 Å². The van der Waals surface area contributed by atoms with Gasteiger partial charge in [0.1, 0.15) is 36.1 Å². The van der Waals surface area contributed by atoms with Crippen molar-refractivity contribution in [2.45, 2.75) is 106 Å². The maximum Gasteiger partial charge on any atom is 0.317 e. The van der Waals surface area contributed by atoms with Crippen molar-refractivity contribution < 1.29 is 58.2 Å². The molecule has 0 radical (unpaired) electrons. The summed E-state index contributed by atoms with van der Waals surface area (Å²) in [5.41, 5.74) is 34.2. The number of carbonyl (C=O) groups is 4. The van der Waals surface area contributed by atoms with Gasteiger partial charge in [-0.1, -0.05) is 12.1 Å². The van der Waals surface area contributed by atoms with E-state index in [1.54, 1.807) is 37.3 Å². The standard InChI is InChI=1S/C36H61N13O12.3ClH/c1-17-24(48-36(56)49-30-26(47-35(42)55)28(52)21(16-57-30)61-31-25(46-34(41)54)23(38)20(50)15-58-31)29(53)27(45-33(39)40)32(59-17)60-19-8-5-18(6-9-19)7-10-22(51)44-14-4-13-43-12-3-2-11-37;;;/h5-10,17,20-21,23-32,43,50,52-53H,2-4,11-16,37-38H2,1H3,(H,44,51)(H4,39,40,45)(H3,41,46,54)(H3,42,47,55)(H2,48,49,56);3*1H/b10-7+;;;/t17-,20-,21-,23+,24-,25-,26-,27-,28+,29+,30+,31+,32-;;;/m1.../s1. The first-order valence-corrected chi connectivity index (χ1v) is 19.8. The lowest BCUT2D eigenvalue weighted by molar-refractivity contribution is -0.263. The van der Waals surface area contributed by atoms with Crippen LogP contribution in [0.25, 0.3) is 6.08 Å². The number of amides is 7. The van der Waals surface area contributed by atoms with Gasteiger partial charge in [0.2, 0.25) is 12.2 Å². The van der Waals surface area contributed by atoms with Gasteiger partial charge in [-0.2, -0.15) is 0 Å². The molecule has 0 bridgehead atoms. The first-order chi connectivity index (χ1) is 29.1. The lowest BCUT2D eigenvalue weighted by atomic mass is 9.95. The summed E-state index contributed by atoms with van der Waals surface area (Å²) in [4.78, 5) is 53.3. The number of aliphatic imine (C=N–C) groups is 1.